The van der Waals surface area contributed by atoms with Crippen molar-refractivity contribution in [2.24, 2.45) is 0 Å². The quantitative estimate of drug-likeness (QED) is 0.782. The van der Waals surface area contributed by atoms with Crippen LogP contribution in [0.15, 0.2) is 42.5 Å². The second kappa shape index (κ2) is 6.58. The number of aryl methyl sites for hydroxylation is 1. The molecule has 2 aromatic carbocycles. The summed E-state index contributed by atoms with van der Waals surface area (Å²) < 4.78 is 24.2. The van der Waals surface area contributed by atoms with E-state index in [2.05, 4.69) is 0 Å². The largest absolute Gasteiger partial charge is 0.489 e. The van der Waals surface area contributed by atoms with Gasteiger partial charge < -0.3 is 9.47 Å². The molecule has 4 heteroatoms. The minimum Gasteiger partial charge on any atom is -0.489 e. The summed E-state index contributed by atoms with van der Waals surface area (Å²) in [5.41, 5.74) is 1.39. The van der Waals surface area contributed by atoms with Gasteiger partial charge in [0.15, 0.2) is 11.6 Å². The Balaban J connectivity index is 1.88. The van der Waals surface area contributed by atoms with Crippen LogP contribution in [0.3, 0.4) is 0 Å². The van der Waals surface area contributed by atoms with Crippen molar-refractivity contribution in [2.75, 3.05) is 13.2 Å². The number of nitrogens with zero attached hydrogens (tertiary/aromatic N) is 1. The number of nitriles is 1. The predicted octanol–water partition coefficient (Wildman–Crippen LogP) is 3.46. The average Bonchev–Trinajstić information content (AvgIpc) is 2.47. The Morgan fingerprint density at radius 2 is 1.75 bits per heavy atom. The second-order valence-corrected chi connectivity index (χ2v) is 4.24. The number of ether oxygens (including phenoxy) is 2. The maximum atomic E-state index is 13.4. The fraction of sp³-hybridized carbons (Fsp3) is 0.188. The molecule has 0 aliphatic carbocycles. The van der Waals surface area contributed by atoms with E-state index in [-0.39, 0.29) is 19.0 Å². The molecule has 2 aromatic rings. The number of hydrogen-bond acceptors (Lipinski definition) is 3. The van der Waals surface area contributed by atoms with Gasteiger partial charge in [-0.3, -0.25) is 0 Å². The van der Waals surface area contributed by atoms with Gasteiger partial charge in [0.2, 0.25) is 0 Å². The van der Waals surface area contributed by atoms with E-state index in [9.17, 15) is 4.39 Å². The van der Waals surface area contributed by atoms with E-state index in [1.165, 1.54) is 6.07 Å². The smallest absolute Gasteiger partial charge is 0.165 e. The van der Waals surface area contributed by atoms with Crippen LogP contribution in [0.5, 0.6) is 11.5 Å². The van der Waals surface area contributed by atoms with E-state index in [1.54, 1.807) is 36.4 Å². The van der Waals surface area contributed by atoms with Gasteiger partial charge in [0.25, 0.3) is 0 Å². The highest BCUT2D eigenvalue weighted by Crippen LogP contribution is 2.19. The van der Waals surface area contributed by atoms with Gasteiger partial charge in [-0.15, -0.1) is 0 Å². The predicted molar refractivity (Wildman–Crippen MR) is 73.3 cm³/mol. The lowest BCUT2D eigenvalue weighted by molar-refractivity contribution is 0.211. The summed E-state index contributed by atoms with van der Waals surface area (Å²) >= 11 is 0. The molecule has 0 aromatic heterocycles. The van der Waals surface area contributed by atoms with Crippen molar-refractivity contribution in [3.8, 4) is 17.6 Å². The Morgan fingerprint density at radius 1 is 1.05 bits per heavy atom. The van der Waals surface area contributed by atoms with Crippen molar-refractivity contribution in [3.05, 3.63) is 59.4 Å². The maximum Gasteiger partial charge on any atom is 0.165 e. The van der Waals surface area contributed by atoms with Crippen LogP contribution < -0.4 is 9.47 Å². The van der Waals surface area contributed by atoms with E-state index < -0.39 is 5.82 Å². The molecule has 0 unspecified atom stereocenters. The topological polar surface area (TPSA) is 42.2 Å². The monoisotopic (exact) mass is 271 g/mol. The molecule has 20 heavy (non-hydrogen) atoms. The molecule has 0 atom stereocenters. The van der Waals surface area contributed by atoms with Crippen LogP contribution in [0.1, 0.15) is 11.1 Å². The van der Waals surface area contributed by atoms with Crippen LogP contribution in [0.2, 0.25) is 0 Å². The van der Waals surface area contributed by atoms with Gasteiger partial charge in [-0.05, 0) is 36.8 Å². The first kappa shape index (κ1) is 13.9. The molecule has 0 aliphatic heterocycles. The zero-order chi connectivity index (χ0) is 14.4. The van der Waals surface area contributed by atoms with E-state index in [0.29, 0.717) is 11.3 Å². The fourth-order valence-electron chi connectivity index (χ4n) is 1.71. The SMILES string of the molecule is Cc1ccc(F)c(OCCOc2ccccc2C#N)c1. The Bertz CT molecular complexity index is 635. The van der Waals surface area contributed by atoms with Crippen molar-refractivity contribution >= 4 is 0 Å². The molecule has 0 fully saturated rings. The Hall–Kier alpha value is -2.54. The normalized spacial score (nSPS) is 9.85. The molecule has 0 amide bonds. The summed E-state index contributed by atoms with van der Waals surface area (Å²) in [4.78, 5) is 0. The van der Waals surface area contributed by atoms with Gasteiger partial charge >= 0.3 is 0 Å². The van der Waals surface area contributed by atoms with Crippen LogP contribution in [0.25, 0.3) is 0 Å². The van der Waals surface area contributed by atoms with Crippen LogP contribution in [0.4, 0.5) is 4.39 Å². The summed E-state index contributed by atoms with van der Waals surface area (Å²) in [5.74, 6) is 0.318. The third-order valence-electron chi connectivity index (χ3n) is 2.69. The van der Waals surface area contributed by atoms with Crippen molar-refractivity contribution in [2.45, 2.75) is 6.92 Å². The molecule has 0 aliphatic rings. The van der Waals surface area contributed by atoms with Crippen molar-refractivity contribution in [1.82, 2.24) is 0 Å². The number of halogens is 1. The summed E-state index contributed by atoms with van der Waals surface area (Å²) in [5, 5.41) is 8.91. The summed E-state index contributed by atoms with van der Waals surface area (Å²) in [6.07, 6.45) is 0. The van der Waals surface area contributed by atoms with Gasteiger partial charge in [-0.25, -0.2) is 4.39 Å². The fourth-order valence-corrected chi connectivity index (χ4v) is 1.71. The van der Waals surface area contributed by atoms with Gasteiger partial charge in [-0.1, -0.05) is 18.2 Å². The van der Waals surface area contributed by atoms with Crippen LogP contribution in [0, 0.1) is 24.1 Å². The Morgan fingerprint density at radius 3 is 2.50 bits per heavy atom. The highest BCUT2D eigenvalue weighted by atomic mass is 19.1. The zero-order valence-corrected chi connectivity index (χ0v) is 11.1. The molecule has 3 nitrogen and oxygen atoms in total. The first-order valence-electron chi connectivity index (χ1n) is 6.21. The lowest BCUT2D eigenvalue weighted by Gasteiger charge is -2.10. The maximum absolute atomic E-state index is 13.4. The van der Waals surface area contributed by atoms with Crippen LogP contribution >= 0.6 is 0 Å². The molecule has 2 rings (SSSR count). The van der Waals surface area contributed by atoms with Crippen molar-refractivity contribution < 1.29 is 13.9 Å². The van der Waals surface area contributed by atoms with E-state index in [0.717, 1.165) is 5.56 Å². The minimum absolute atomic E-state index is 0.208. The number of rotatable bonds is 5. The van der Waals surface area contributed by atoms with E-state index in [1.807, 2.05) is 13.0 Å². The minimum atomic E-state index is -0.395. The van der Waals surface area contributed by atoms with E-state index >= 15 is 0 Å². The third kappa shape index (κ3) is 3.48. The van der Waals surface area contributed by atoms with Gasteiger partial charge in [-0.2, -0.15) is 5.26 Å². The Labute approximate surface area is 117 Å². The first-order chi connectivity index (χ1) is 9.70. The first-order valence-corrected chi connectivity index (χ1v) is 6.21. The highest BCUT2D eigenvalue weighted by Gasteiger charge is 2.04. The summed E-state index contributed by atoms with van der Waals surface area (Å²) in [7, 11) is 0. The van der Waals surface area contributed by atoms with Gasteiger partial charge in [0.1, 0.15) is 25.0 Å². The van der Waals surface area contributed by atoms with Crippen LogP contribution in [-0.4, -0.2) is 13.2 Å². The van der Waals surface area contributed by atoms with Crippen LogP contribution in [-0.2, 0) is 0 Å². The molecular formula is C16H14FNO2. The summed E-state index contributed by atoms with van der Waals surface area (Å²) in [6.45, 7) is 2.32. The molecule has 0 spiro atoms. The zero-order valence-electron chi connectivity index (χ0n) is 11.1. The molecule has 0 bridgehead atoms. The standard InChI is InChI=1S/C16H14FNO2/c1-12-6-7-14(17)16(10-12)20-9-8-19-15-5-3-2-4-13(15)11-18/h2-7,10H,8-9H2,1H3. The third-order valence-corrected chi connectivity index (χ3v) is 2.69. The highest BCUT2D eigenvalue weighted by molar-refractivity contribution is 5.42. The Kier molecular flexibility index (Phi) is 4.56. The molecule has 0 N–H and O–H groups in total. The van der Waals surface area contributed by atoms with E-state index in [4.69, 9.17) is 14.7 Å². The van der Waals surface area contributed by atoms with Gasteiger partial charge in [0.05, 0.1) is 5.56 Å². The second-order valence-electron chi connectivity index (χ2n) is 4.24. The molecule has 0 heterocycles. The van der Waals surface area contributed by atoms with Gasteiger partial charge in [0, 0.05) is 0 Å². The number of para-hydroxylation sites is 1. The average molecular weight is 271 g/mol. The molecular weight excluding hydrogens is 257 g/mol. The number of benzene rings is 2. The molecule has 0 radical (unpaired) electrons. The molecule has 102 valence electrons. The lowest BCUT2D eigenvalue weighted by Crippen LogP contribution is -2.10. The molecule has 0 saturated carbocycles. The number of hydrogen-bond donors (Lipinski definition) is 0. The van der Waals surface area contributed by atoms with Crippen molar-refractivity contribution in [3.63, 3.8) is 0 Å². The van der Waals surface area contributed by atoms with Crippen molar-refractivity contribution in [1.29, 1.82) is 5.26 Å². The molecule has 0 saturated heterocycles. The summed E-state index contributed by atoms with van der Waals surface area (Å²) in [6, 6.07) is 13.7. The lowest BCUT2D eigenvalue weighted by atomic mass is 10.2.